The van der Waals surface area contributed by atoms with E-state index in [0.29, 0.717) is 6.54 Å². The lowest BCUT2D eigenvalue weighted by Gasteiger charge is -2.20. The summed E-state index contributed by atoms with van der Waals surface area (Å²) in [5.74, 6) is 0.899. The van der Waals surface area contributed by atoms with E-state index in [-0.39, 0.29) is 6.10 Å². The number of aryl methyl sites for hydroxylation is 2. The van der Waals surface area contributed by atoms with Crippen LogP contribution in [0.25, 0.3) is 0 Å². The summed E-state index contributed by atoms with van der Waals surface area (Å²) in [4.78, 5) is 0. The summed E-state index contributed by atoms with van der Waals surface area (Å²) in [6.45, 7) is 4.60. The average Bonchev–Trinajstić information content (AvgIpc) is 2.39. The molecule has 18 heavy (non-hydrogen) atoms. The summed E-state index contributed by atoms with van der Waals surface area (Å²) in [7, 11) is 0. The minimum atomic E-state index is -0.0905. The smallest absolute Gasteiger partial charge is 0.136 e. The van der Waals surface area contributed by atoms with Crippen molar-refractivity contribution in [3.63, 3.8) is 0 Å². The number of nitrogens with two attached hydrogens (primary N) is 1. The van der Waals surface area contributed by atoms with Crippen LogP contribution in [0.4, 0.5) is 0 Å². The van der Waals surface area contributed by atoms with Gasteiger partial charge in [-0.3, -0.25) is 0 Å². The van der Waals surface area contributed by atoms with Crippen molar-refractivity contribution >= 4 is 0 Å². The van der Waals surface area contributed by atoms with Crippen molar-refractivity contribution in [3.05, 3.63) is 65.2 Å². The Labute approximate surface area is 108 Å². The molecule has 0 saturated heterocycles. The standard InChI is InChI=1S/C16H19NO/c1-12-7-3-5-9-14(12)16(11-17)18-15-10-6-4-8-13(15)2/h3-10,16H,11,17H2,1-2H3. The molecule has 0 spiro atoms. The summed E-state index contributed by atoms with van der Waals surface area (Å²) < 4.78 is 6.04. The van der Waals surface area contributed by atoms with Crippen molar-refractivity contribution < 1.29 is 4.74 Å². The van der Waals surface area contributed by atoms with Crippen LogP contribution in [0.5, 0.6) is 5.75 Å². The van der Waals surface area contributed by atoms with Crippen LogP contribution in [-0.4, -0.2) is 6.54 Å². The highest BCUT2D eigenvalue weighted by molar-refractivity contribution is 5.34. The Kier molecular flexibility index (Phi) is 4.00. The molecule has 2 aromatic rings. The second kappa shape index (κ2) is 5.69. The highest BCUT2D eigenvalue weighted by Crippen LogP contribution is 2.25. The van der Waals surface area contributed by atoms with E-state index in [1.54, 1.807) is 0 Å². The molecule has 0 fully saturated rings. The van der Waals surface area contributed by atoms with E-state index in [1.165, 1.54) is 5.56 Å². The van der Waals surface area contributed by atoms with Gasteiger partial charge in [-0.15, -0.1) is 0 Å². The number of para-hydroxylation sites is 1. The molecule has 0 bridgehead atoms. The van der Waals surface area contributed by atoms with E-state index >= 15 is 0 Å². The first kappa shape index (κ1) is 12.7. The highest BCUT2D eigenvalue weighted by atomic mass is 16.5. The summed E-state index contributed by atoms with van der Waals surface area (Å²) in [6.07, 6.45) is -0.0905. The van der Waals surface area contributed by atoms with Gasteiger partial charge in [-0.2, -0.15) is 0 Å². The van der Waals surface area contributed by atoms with Gasteiger partial charge in [0.25, 0.3) is 0 Å². The maximum absolute atomic E-state index is 6.04. The minimum absolute atomic E-state index is 0.0905. The molecule has 0 amide bonds. The molecule has 1 unspecified atom stereocenters. The topological polar surface area (TPSA) is 35.2 Å². The minimum Gasteiger partial charge on any atom is -0.484 e. The Bertz CT molecular complexity index is 522. The van der Waals surface area contributed by atoms with Gasteiger partial charge in [0.15, 0.2) is 0 Å². The zero-order chi connectivity index (χ0) is 13.0. The molecule has 0 aliphatic carbocycles. The monoisotopic (exact) mass is 241 g/mol. The third kappa shape index (κ3) is 2.71. The molecule has 1 atom stereocenters. The van der Waals surface area contributed by atoms with Gasteiger partial charge in [-0.25, -0.2) is 0 Å². The van der Waals surface area contributed by atoms with E-state index < -0.39 is 0 Å². The largest absolute Gasteiger partial charge is 0.484 e. The maximum atomic E-state index is 6.04. The van der Waals surface area contributed by atoms with Gasteiger partial charge in [-0.05, 0) is 36.6 Å². The van der Waals surface area contributed by atoms with Gasteiger partial charge in [0.05, 0.1) is 0 Å². The third-order valence-corrected chi connectivity index (χ3v) is 3.11. The Morgan fingerprint density at radius 1 is 0.944 bits per heavy atom. The zero-order valence-electron chi connectivity index (χ0n) is 10.9. The maximum Gasteiger partial charge on any atom is 0.136 e. The molecule has 0 aliphatic rings. The Hall–Kier alpha value is -1.80. The normalized spacial score (nSPS) is 12.2. The second-order valence-electron chi connectivity index (χ2n) is 4.46. The first-order chi connectivity index (χ1) is 8.72. The van der Waals surface area contributed by atoms with Crippen LogP contribution >= 0.6 is 0 Å². The van der Waals surface area contributed by atoms with Gasteiger partial charge in [0.1, 0.15) is 11.9 Å². The van der Waals surface area contributed by atoms with E-state index in [0.717, 1.165) is 16.9 Å². The fourth-order valence-corrected chi connectivity index (χ4v) is 2.03. The lowest BCUT2D eigenvalue weighted by molar-refractivity contribution is 0.212. The quantitative estimate of drug-likeness (QED) is 0.890. The Balaban J connectivity index is 2.26. The predicted octanol–water partition coefficient (Wildman–Crippen LogP) is 3.38. The fraction of sp³-hybridized carbons (Fsp3) is 0.250. The molecule has 2 aromatic carbocycles. The number of hydrogen-bond donors (Lipinski definition) is 1. The molecular weight excluding hydrogens is 222 g/mol. The third-order valence-electron chi connectivity index (χ3n) is 3.11. The van der Waals surface area contributed by atoms with Crippen LogP contribution in [0, 0.1) is 13.8 Å². The van der Waals surface area contributed by atoms with Crippen LogP contribution < -0.4 is 10.5 Å². The van der Waals surface area contributed by atoms with E-state index in [2.05, 4.69) is 19.1 Å². The molecule has 2 rings (SSSR count). The first-order valence-electron chi connectivity index (χ1n) is 6.20. The van der Waals surface area contributed by atoms with Gasteiger partial charge in [-0.1, -0.05) is 42.5 Å². The van der Waals surface area contributed by atoms with Crippen LogP contribution in [0.2, 0.25) is 0 Å². The van der Waals surface area contributed by atoms with Gasteiger partial charge in [0.2, 0.25) is 0 Å². The summed E-state index contributed by atoms with van der Waals surface area (Å²) >= 11 is 0. The predicted molar refractivity (Wildman–Crippen MR) is 74.8 cm³/mol. The Morgan fingerprint density at radius 3 is 2.17 bits per heavy atom. The van der Waals surface area contributed by atoms with Crippen LogP contribution in [0.15, 0.2) is 48.5 Å². The van der Waals surface area contributed by atoms with Crippen molar-refractivity contribution in [1.29, 1.82) is 0 Å². The van der Waals surface area contributed by atoms with Crippen molar-refractivity contribution in [1.82, 2.24) is 0 Å². The number of benzene rings is 2. The van der Waals surface area contributed by atoms with Gasteiger partial charge >= 0.3 is 0 Å². The van der Waals surface area contributed by atoms with Crippen molar-refractivity contribution in [2.24, 2.45) is 5.73 Å². The van der Waals surface area contributed by atoms with Crippen LogP contribution in [0.1, 0.15) is 22.8 Å². The highest BCUT2D eigenvalue weighted by Gasteiger charge is 2.14. The van der Waals surface area contributed by atoms with Crippen LogP contribution in [0.3, 0.4) is 0 Å². The Morgan fingerprint density at radius 2 is 1.56 bits per heavy atom. The zero-order valence-corrected chi connectivity index (χ0v) is 10.9. The van der Waals surface area contributed by atoms with Crippen molar-refractivity contribution in [3.8, 4) is 5.75 Å². The van der Waals surface area contributed by atoms with Crippen molar-refractivity contribution in [2.45, 2.75) is 20.0 Å². The molecular formula is C16H19NO. The van der Waals surface area contributed by atoms with E-state index in [1.807, 2.05) is 43.3 Å². The molecule has 0 saturated carbocycles. The van der Waals surface area contributed by atoms with Gasteiger partial charge in [0, 0.05) is 6.54 Å². The summed E-state index contributed by atoms with van der Waals surface area (Å²) in [5.41, 5.74) is 9.34. The molecule has 94 valence electrons. The first-order valence-corrected chi connectivity index (χ1v) is 6.20. The van der Waals surface area contributed by atoms with Crippen LogP contribution in [-0.2, 0) is 0 Å². The molecule has 0 aliphatic heterocycles. The lowest BCUT2D eigenvalue weighted by Crippen LogP contribution is -2.19. The van der Waals surface area contributed by atoms with E-state index in [4.69, 9.17) is 10.5 Å². The number of ether oxygens (including phenoxy) is 1. The lowest BCUT2D eigenvalue weighted by atomic mass is 10.0. The molecule has 2 heteroatoms. The molecule has 0 radical (unpaired) electrons. The second-order valence-corrected chi connectivity index (χ2v) is 4.46. The molecule has 2 nitrogen and oxygen atoms in total. The van der Waals surface area contributed by atoms with Gasteiger partial charge < -0.3 is 10.5 Å². The molecule has 0 heterocycles. The summed E-state index contributed by atoms with van der Waals surface area (Å²) in [6, 6.07) is 16.2. The van der Waals surface area contributed by atoms with E-state index in [9.17, 15) is 0 Å². The summed E-state index contributed by atoms with van der Waals surface area (Å²) in [5, 5.41) is 0. The molecule has 2 N–H and O–H groups in total. The number of rotatable bonds is 4. The average molecular weight is 241 g/mol. The SMILES string of the molecule is Cc1ccccc1OC(CN)c1ccccc1C. The van der Waals surface area contributed by atoms with Crippen molar-refractivity contribution in [2.75, 3.05) is 6.54 Å². The molecule has 0 aromatic heterocycles. The number of hydrogen-bond acceptors (Lipinski definition) is 2. The fourth-order valence-electron chi connectivity index (χ4n) is 2.03.